The summed E-state index contributed by atoms with van der Waals surface area (Å²) in [5, 5.41) is 2.95. The summed E-state index contributed by atoms with van der Waals surface area (Å²) in [7, 11) is 0. The maximum absolute atomic E-state index is 13.1. The van der Waals surface area contributed by atoms with Gasteiger partial charge in [0.1, 0.15) is 0 Å². The summed E-state index contributed by atoms with van der Waals surface area (Å²) in [5.74, 6) is 1.09. The van der Waals surface area contributed by atoms with Crippen LogP contribution in [0.25, 0.3) is 0 Å². The molecular weight excluding hydrogens is 300 g/mol. The summed E-state index contributed by atoms with van der Waals surface area (Å²) >= 11 is 0. The van der Waals surface area contributed by atoms with Crippen molar-refractivity contribution in [1.29, 1.82) is 0 Å². The van der Waals surface area contributed by atoms with Crippen LogP contribution in [-0.2, 0) is 4.79 Å². The minimum Gasteiger partial charge on any atom is -0.335 e. The molecule has 0 bridgehead atoms. The molecule has 1 aromatic carbocycles. The third-order valence-electron chi connectivity index (χ3n) is 5.83. The van der Waals surface area contributed by atoms with Crippen LogP contribution in [0.4, 0.5) is 5.69 Å². The number of nitrogens with one attached hydrogen (secondary N) is 1. The lowest BCUT2D eigenvalue weighted by Crippen LogP contribution is -2.49. The molecule has 2 unspecified atom stereocenters. The van der Waals surface area contributed by atoms with Crippen molar-refractivity contribution in [2.75, 3.05) is 11.9 Å². The molecule has 0 aromatic heterocycles. The SMILES string of the molecule is O=C(Nc1cccc(C(=O)N2CCCC3CCCCC32)c1)C1CC1. The number of piperidine rings is 1. The zero-order valence-electron chi connectivity index (χ0n) is 14.2. The van der Waals surface area contributed by atoms with Crippen molar-refractivity contribution < 1.29 is 9.59 Å². The second kappa shape index (κ2) is 6.58. The van der Waals surface area contributed by atoms with Crippen LogP contribution >= 0.6 is 0 Å². The molecule has 1 heterocycles. The first kappa shape index (κ1) is 15.7. The molecule has 2 saturated carbocycles. The van der Waals surface area contributed by atoms with E-state index in [0.29, 0.717) is 17.5 Å². The molecule has 4 rings (SSSR count). The second-order valence-corrected chi connectivity index (χ2v) is 7.60. The van der Waals surface area contributed by atoms with Crippen molar-refractivity contribution in [3.8, 4) is 0 Å². The molecule has 24 heavy (non-hydrogen) atoms. The highest BCUT2D eigenvalue weighted by Gasteiger charge is 2.36. The highest BCUT2D eigenvalue weighted by molar-refractivity contribution is 5.98. The Labute approximate surface area is 143 Å². The zero-order valence-corrected chi connectivity index (χ0v) is 14.2. The number of fused-ring (bicyclic) bond motifs is 1. The van der Waals surface area contributed by atoms with Gasteiger partial charge in [-0.1, -0.05) is 18.9 Å². The minimum atomic E-state index is 0.0879. The summed E-state index contributed by atoms with van der Waals surface area (Å²) < 4.78 is 0. The lowest BCUT2D eigenvalue weighted by atomic mass is 9.78. The first-order valence-corrected chi connectivity index (χ1v) is 9.44. The fourth-order valence-corrected chi connectivity index (χ4v) is 4.36. The fraction of sp³-hybridized carbons (Fsp3) is 0.600. The topological polar surface area (TPSA) is 49.4 Å². The van der Waals surface area contributed by atoms with Crippen LogP contribution in [0, 0.1) is 11.8 Å². The van der Waals surface area contributed by atoms with Crippen molar-refractivity contribution in [3.05, 3.63) is 29.8 Å². The number of hydrogen-bond donors (Lipinski definition) is 1. The Morgan fingerprint density at radius 2 is 1.79 bits per heavy atom. The molecule has 4 heteroatoms. The lowest BCUT2D eigenvalue weighted by molar-refractivity contribution is -0.117. The van der Waals surface area contributed by atoms with Gasteiger partial charge in [0.05, 0.1) is 0 Å². The number of amides is 2. The van der Waals surface area contributed by atoms with Crippen molar-refractivity contribution in [2.45, 2.75) is 57.4 Å². The van der Waals surface area contributed by atoms with Gasteiger partial charge in [0.25, 0.3) is 5.91 Å². The highest BCUT2D eigenvalue weighted by Crippen LogP contribution is 2.36. The van der Waals surface area contributed by atoms with E-state index in [1.807, 2.05) is 24.3 Å². The van der Waals surface area contributed by atoms with Crippen LogP contribution in [0.3, 0.4) is 0 Å². The van der Waals surface area contributed by atoms with Gasteiger partial charge in [-0.25, -0.2) is 0 Å². The van der Waals surface area contributed by atoms with Crippen LogP contribution in [0.2, 0.25) is 0 Å². The van der Waals surface area contributed by atoms with Gasteiger partial charge in [0, 0.05) is 29.8 Å². The summed E-state index contributed by atoms with van der Waals surface area (Å²) in [6, 6.07) is 7.88. The van der Waals surface area contributed by atoms with Crippen molar-refractivity contribution in [2.24, 2.45) is 11.8 Å². The van der Waals surface area contributed by atoms with Crippen molar-refractivity contribution >= 4 is 17.5 Å². The second-order valence-electron chi connectivity index (χ2n) is 7.60. The van der Waals surface area contributed by atoms with Gasteiger partial charge in [-0.2, -0.15) is 0 Å². The lowest BCUT2D eigenvalue weighted by Gasteiger charge is -2.44. The van der Waals surface area contributed by atoms with Gasteiger partial charge in [-0.3, -0.25) is 9.59 Å². The normalized spacial score (nSPS) is 26.6. The largest absolute Gasteiger partial charge is 0.335 e. The molecule has 1 aliphatic heterocycles. The number of carbonyl (C=O) groups excluding carboxylic acids is 2. The molecule has 0 spiro atoms. The van der Waals surface area contributed by atoms with E-state index in [-0.39, 0.29) is 17.7 Å². The van der Waals surface area contributed by atoms with E-state index in [4.69, 9.17) is 0 Å². The Hall–Kier alpha value is -1.84. The molecule has 2 aliphatic carbocycles. The summed E-state index contributed by atoms with van der Waals surface area (Å²) in [5.41, 5.74) is 1.45. The molecule has 128 valence electrons. The summed E-state index contributed by atoms with van der Waals surface area (Å²) in [6.45, 7) is 0.874. The first-order chi connectivity index (χ1) is 11.7. The Kier molecular flexibility index (Phi) is 4.30. The standard InChI is InChI=1S/C20H26N2O2/c23-19(15-10-11-15)21-17-8-3-6-16(13-17)20(24)22-12-4-7-14-5-1-2-9-18(14)22/h3,6,8,13-15,18H,1-2,4-5,7,9-12H2,(H,21,23). The first-order valence-electron chi connectivity index (χ1n) is 9.44. The molecular formula is C20H26N2O2. The van der Waals surface area contributed by atoms with E-state index in [2.05, 4.69) is 10.2 Å². The molecule has 1 N–H and O–H groups in total. The van der Waals surface area contributed by atoms with Gasteiger partial charge in [0.15, 0.2) is 0 Å². The quantitative estimate of drug-likeness (QED) is 0.918. The fourth-order valence-electron chi connectivity index (χ4n) is 4.36. The Balaban J connectivity index is 1.49. The molecule has 0 radical (unpaired) electrons. The molecule has 3 aliphatic rings. The zero-order chi connectivity index (χ0) is 16.5. The summed E-state index contributed by atoms with van der Waals surface area (Å²) in [4.78, 5) is 27.1. The van der Waals surface area contributed by atoms with Gasteiger partial charge in [-0.05, 0) is 62.6 Å². The van der Waals surface area contributed by atoms with E-state index in [0.717, 1.165) is 37.9 Å². The van der Waals surface area contributed by atoms with E-state index >= 15 is 0 Å². The van der Waals surface area contributed by atoms with Gasteiger partial charge in [0.2, 0.25) is 5.91 Å². The molecule has 1 saturated heterocycles. The van der Waals surface area contributed by atoms with Crippen molar-refractivity contribution in [3.63, 3.8) is 0 Å². The van der Waals surface area contributed by atoms with Crippen LogP contribution in [0.1, 0.15) is 61.7 Å². The molecule has 2 amide bonds. The van der Waals surface area contributed by atoms with E-state index in [1.54, 1.807) is 0 Å². The number of carbonyl (C=O) groups is 2. The van der Waals surface area contributed by atoms with Crippen LogP contribution in [-0.4, -0.2) is 29.3 Å². The molecule has 1 aromatic rings. The number of nitrogens with zero attached hydrogens (tertiary/aromatic N) is 1. The number of likely N-dealkylation sites (tertiary alicyclic amines) is 1. The third kappa shape index (κ3) is 3.19. The number of benzene rings is 1. The minimum absolute atomic E-state index is 0.0879. The average molecular weight is 326 g/mol. The van der Waals surface area contributed by atoms with E-state index < -0.39 is 0 Å². The van der Waals surface area contributed by atoms with Crippen LogP contribution in [0.15, 0.2) is 24.3 Å². The van der Waals surface area contributed by atoms with E-state index in [1.165, 1.54) is 25.7 Å². The average Bonchev–Trinajstić information content (AvgIpc) is 3.46. The van der Waals surface area contributed by atoms with Crippen molar-refractivity contribution in [1.82, 2.24) is 4.90 Å². The monoisotopic (exact) mass is 326 g/mol. The van der Waals surface area contributed by atoms with Crippen LogP contribution in [0.5, 0.6) is 0 Å². The number of hydrogen-bond acceptors (Lipinski definition) is 2. The Morgan fingerprint density at radius 1 is 1.00 bits per heavy atom. The number of rotatable bonds is 3. The predicted molar refractivity (Wildman–Crippen MR) is 93.8 cm³/mol. The Bertz CT molecular complexity index is 636. The maximum atomic E-state index is 13.1. The Morgan fingerprint density at radius 3 is 2.62 bits per heavy atom. The van der Waals surface area contributed by atoms with Gasteiger partial charge >= 0.3 is 0 Å². The third-order valence-corrected chi connectivity index (χ3v) is 5.83. The summed E-state index contributed by atoms with van der Waals surface area (Å²) in [6.07, 6.45) is 9.33. The molecule has 3 fully saturated rings. The molecule has 4 nitrogen and oxygen atoms in total. The van der Waals surface area contributed by atoms with Gasteiger partial charge in [-0.15, -0.1) is 0 Å². The maximum Gasteiger partial charge on any atom is 0.254 e. The highest BCUT2D eigenvalue weighted by atomic mass is 16.2. The van der Waals surface area contributed by atoms with Gasteiger partial charge < -0.3 is 10.2 Å². The van der Waals surface area contributed by atoms with E-state index in [9.17, 15) is 9.59 Å². The smallest absolute Gasteiger partial charge is 0.254 e. The number of anilines is 1. The van der Waals surface area contributed by atoms with Crippen LogP contribution < -0.4 is 5.32 Å². The predicted octanol–water partition coefficient (Wildman–Crippen LogP) is 3.83. The molecule has 2 atom stereocenters.